The highest BCUT2D eigenvalue weighted by atomic mass is 19.4. The summed E-state index contributed by atoms with van der Waals surface area (Å²) in [5, 5.41) is 7.05. The number of hydrogen-bond donors (Lipinski definition) is 0. The quantitative estimate of drug-likeness (QED) is 0.614. The molecule has 0 aliphatic rings. The number of ether oxygens (including phenoxy) is 1. The first kappa shape index (κ1) is 13.2. The van der Waals surface area contributed by atoms with Gasteiger partial charge in [-0.1, -0.05) is 5.21 Å². The normalized spacial score (nSPS) is 11.7. The summed E-state index contributed by atoms with van der Waals surface area (Å²) in [7, 11) is 2.43. The van der Waals surface area contributed by atoms with Crippen molar-refractivity contribution < 1.29 is 22.3 Å². The van der Waals surface area contributed by atoms with Crippen molar-refractivity contribution in [3.05, 3.63) is 17.7 Å². The zero-order valence-electron chi connectivity index (χ0n) is 9.73. The first-order chi connectivity index (χ1) is 8.84. The second kappa shape index (κ2) is 4.44. The molecule has 0 atom stereocenters. The average molecular weight is 277 g/mol. The van der Waals surface area contributed by atoms with Gasteiger partial charge in [0, 0.05) is 7.05 Å². The number of hydrogen-bond acceptors (Lipinski definition) is 5. The van der Waals surface area contributed by atoms with Gasteiger partial charge < -0.3 is 4.74 Å². The van der Waals surface area contributed by atoms with Crippen LogP contribution in [0.2, 0.25) is 0 Å². The molecular weight excluding hydrogens is 270 g/mol. The van der Waals surface area contributed by atoms with Crippen molar-refractivity contribution in [1.82, 2.24) is 25.0 Å². The number of methoxy groups -OCH3 is 1. The Morgan fingerprint density at radius 1 is 1.26 bits per heavy atom. The summed E-state index contributed by atoms with van der Waals surface area (Å²) >= 11 is 0. The van der Waals surface area contributed by atoms with Gasteiger partial charge in [0.15, 0.2) is 11.4 Å². The minimum Gasteiger partial charge on any atom is -0.480 e. The molecule has 0 fully saturated rings. The Morgan fingerprint density at radius 2 is 1.95 bits per heavy atom. The highest BCUT2D eigenvalue weighted by molar-refractivity contribution is 5.49. The Labute approximate surface area is 104 Å². The van der Waals surface area contributed by atoms with Crippen LogP contribution in [0.4, 0.5) is 17.6 Å². The second-order valence-electron chi connectivity index (χ2n) is 3.46. The molecule has 0 spiro atoms. The maximum Gasteiger partial charge on any atom is 0.426 e. The lowest BCUT2D eigenvalue weighted by molar-refractivity contribution is -0.142. The number of nitrogens with zero attached hydrogens (tertiary/aromatic N) is 5. The lowest BCUT2D eigenvalue weighted by Crippen LogP contribution is -2.14. The summed E-state index contributed by atoms with van der Waals surface area (Å²) in [4.78, 5) is 6.70. The maximum atomic E-state index is 13.5. The SMILES string of the molecule is COc1nc(-c2cnnn2C)nc(F)c1C(F)(F)F. The number of aromatic nitrogens is 5. The third kappa shape index (κ3) is 2.33. The molecule has 2 aromatic rings. The molecule has 19 heavy (non-hydrogen) atoms. The number of halogens is 4. The van der Waals surface area contributed by atoms with Crippen LogP contribution in [0.15, 0.2) is 6.20 Å². The summed E-state index contributed by atoms with van der Waals surface area (Å²) < 4.78 is 57.0. The number of alkyl halides is 3. The van der Waals surface area contributed by atoms with E-state index in [-0.39, 0.29) is 11.5 Å². The predicted molar refractivity (Wildman–Crippen MR) is 53.5 cm³/mol. The van der Waals surface area contributed by atoms with Crippen molar-refractivity contribution in [3.63, 3.8) is 0 Å². The molecule has 0 bridgehead atoms. The summed E-state index contributed by atoms with van der Waals surface area (Å²) in [5.41, 5.74) is -1.49. The number of aryl methyl sites for hydroxylation is 1. The fourth-order valence-electron chi connectivity index (χ4n) is 1.41. The van der Waals surface area contributed by atoms with Gasteiger partial charge in [0.1, 0.15) is 5.69 Å². The van der Waals surface area contributed by atoms with E-state index in [1.54, 1.807) is 0 Å². The average Bonchev–Trinajstić information content (AvgIpc) is 2.72. The van der Waals surface area contributed by atoms with Crippen LogP contribution in [-0.2, 0) is 13.2 Å². The van der Waals surface area contributed by atoms with Crippen molar-refractivity contribution >= 4 is 0 Å². The fourth-order valence-corrected chi connectivity index (χ4v) is 1.41. The van der Waals surface area contributed by atoms with Gasteiger partial charge in [-0.15, -0.1) is 5.10 Å². The highest BCUT2D eigenvalue weighted by Gasteiger charge is 2.40. The summed E-state index contributed by atoms with van der Waals surface area (Å²) in [6.07, 6.45) is -3.75. The monoisotopic (exact) mass is 277 g/mol. The van der Waals surface area contributed by atoms with Crippen molar-refractivity contribution in [1.29, 1.82) is 0 Å². The maximum absolute atomic E-state index is 13.5. The smallest absolute Gasteiger partial charge is 0.426 e. The van der Waals surface area contributed by atoms with E-state index < -0.39 is 23.6 Å². The molecule has 0 N–H and O–H groups in total. The molecule has 10 heteroatoms. The van der Waals surface area contributed by atoms with E-state index in [0.717, 1.165) is 7.11 Å². The second-order valence-corrected chi connectivity index (χ2v) is 3.46. The van der Waals surface area contributed by atoms with Crippen LogP contribution in [0.1, 0.15) is 5.56 Å². The Morgan fingerprint density at radius 3 is 2.42 bits per heavy atom. The molecule has 0 aliphatic carbocycles. The highest BCUT2D eigenvalue weighted by Crippen LogP contribution is 2.37. The van der Waals surface area contributed by atoms with E-state index in [9.17, 15) is 17.6 Å². The third-order valence-corrected chi connectivity index (χ3v) is 2.25. The standard InChI is InChI=1S/C9H7F4N5O/c1-18-4(3-14-17-18)7-15-6(10)5(9(11,12)13)8(16-7)19-2/h3H,1-2H3. The minimum atomic E-state index is -4.95. The van der Waals surface area contributed by atoms with Crippen molar-refractivity contribution in [2.75, 3.05) is 7.11 Å². The van der Waals surface area contributed by atoms with Gasteiger partial charge in [-0.25, -0.2) is 4.68 Å². The van der Waals surface area contributed by atoms with Crippen LogP contribution in [0.3, 0.4) is 0 Å². The molecule has 6 nitrogen and oxygen atoms in total. The molecule has 2 aromatic heterocycles. The van der Waals surface area contributed by atoms with Crippen LogP contribution in [0, 0.1) is 5.95 Å². The van der Waals surface area contributed by atoms with Crippen LogP contribution in [0.25, 0.3) is 11.5 Å². The van der Waals surface area contributed by atoms with E-state index in [0.29, 0.717) is 0 Å². The van der Waals surface area contributed by atoms with Crippen molar-refractivity contribution in [2.45, 2.75) is 6.18 Å². The fraction of sp³-hybridized carbons (Fsp3) is 0.333. The van der Waals surface area contributed by atoms with Gasteiger partial charge in [-0.05, 0) is 0 Å². The first-order valence-electron chi connectivity index (χ1n) is 4.88. The van der Waals surface area contributed by atoms with E-state index in [2.05, 4.69) is 25.0 Å². The van der Waals surface area contributed by atoms with Crippen molar-refractivity contribution in [2.24, 2.45) is 7.05 Å². The van der Waals surface area contributed by atoms with Crippen LogP contribution >= 0.6 is 0 Å². The molecule has 2 heterocycles. The van der Waals surface area contributed by atoms with Crippen LogP contribution in [-0.4, -0.2) is 32.1 Å². The Kier molecular flexibility index (Phi) is 3.08. The Balaban J connectivity index is 2.64. The Hall–Kier alpha value is -2.26. The first-order valence-corrected chi connectivity index (χ1v) is 4.88. The van der Waals surface area contributed by atoms with E-state index in [1.807, 2.05) is 0 Å². The van der Waals surface area contributed by atoms with Gasteiger partial charge >= 0.3 is 6.18 Å². The van der Waals surface area contributed by atoms with Crippen LogP contribution in [0.5, 0.6) is 5.88 Å². The van der Waals surface area contributed by atoms with Gasteiger partial charge in [-0.3, -0.25) is 0 Å². The summed E-state index contributed by atoms with van der Waals surface area (Å²) in [5.74, 6) is -2.90. The van der Waals surface area contributed by atoms with Crippen LogP contribution < -0.4 is 4.74 Å². The Bertz CT molecular complexity index is 609. The molecule has 2 rings (SSSR count). The third-order valence-electron chi connectivity index (χ3n) is 2.25. The summed E-state index contributed by atoms with van der Waals surface area (Å²) in [6, 6.07) is 0. The molecule has 0 amide bonds. The molecule has 0 unspecified atom stereocenters. The zero-order valence-corrected chi connectivity index (χ0v) is 9.73. The molecule has 0 saturated carbocycles. The van der Waals surface area contributed by atoms with Gasteiger partial charge in [0.05, 0.1) is 13.3 Å². The van der Waals surface area contributed by atoms with E-state index in [4.69, 9.17) is 0 Å². The largest absolute Gasteiger partial charge is 0.480 e. The van der Waals surface area contributed by atoms with Gasteiger partial charge in [0.25, 0.3) is 0 Å². The van der Waals surface area contributed by atoms with Gasteiger partial charge in [-0.2, -0.15) is 27.5 Å². The van der Waals surface area contributed by atoms with Gasteiger partial charge in [0.2, 0.25) is 11.8 Å². The topological polar surface area (TPSA) is 65.7 Å². The van der Waals surface area contributed by atoms with Crippen molar-refractivity contribution in [3.8, 4) is 17.4 Å². The number of rotatable bonds is 2. The summed E-state index contributed by atoms with van der Waals surface area (Å²) in [6.45, 7) is 0. The lowest BCUT2D eigenvalue weighted by atomic mass is 10.3. The van der Waals surface area contributed by atoms with E-state index in [1.165, 1.54) is 17.9 Å². The molecule has 0 aliphatic heterocycles. The zero-order chi connectivity index (χ0) is 14.2. The van der Waals surface area contributed by atoms with E-state index >= 15 is 0 Å². The lowest BCUT2D eigenvalue weighted by Gasteiger charge is -2.12. The molecular formula is C9H7F4N5O. The molecule has 0 aromatic carbocycles. The molecule has 0 saturated heterocycles. The molecule has 0 radical (unpaired) electrons. The minimum absolute atomic E-state index is 0.158. The molecule has 102 valence electrons. The predicted octanol–water partition coefficient (Wildman–Crippen LogP) is 1.44.